The van der Waals surface area contributed by atoms with Crippen LogP contribution in [0, 0.1) is 19.8 Å². The van der Waals surface area contributed by atoms with Crippen LogP contribution in [-0.2, 0) is 11.3 Å². The first-order chi connectivity index (χ1) is 8.20. The largest absolute Gasteiger partial charge is 0.477 e. The topological polar surface area (TPSA) is 51.6 Å². The third-order valence-electron chi connectivity index (χ3n) is 3.08. The molecule has 4 nitrogen and oxygen atoms in total. The quantitative estimate of drug-likeness (QED) is 0.864. The van der Waals surface area contributed by atoms with Crippen LogP contribution in [0.15, 0.2) is 6.07 Å². The molecule has 0 bridgehead atoms. The molecule has 1 aromatic heterocycles. The summed E-state index contributed by atoms with van der Waals surface area (Å²) in [7, 11) is 0. The van der Waals surface area contributed by atoms with E-state index in [1.54, 1.807) is 0 Å². The predicted molar refractivity (Wildman–Crippen MR) is 64.1 cm³/mol. The average Bonchev–Trinajstić information content (AvgIpc) is 2.78. The summed E-state index contributed by atoms with van der Waals surface area (Å²) in [5, 5.41) is 9.34. The van der Waals surface area contributed by atoms with Crippen molar-refractivity contribution in [2.45, 2.75) is 26.9 Å². The molecule has 4 heteroatoms. The van der Waals surface area contributed by atoms with Gasteiger partial charge in [-0.3, -0.25) is 0 Å². The molecule has 1 saturated heterocycles. The maximum Gasteiger partial charge on any atom is 0.219 e. The maximum atomic E-state index is 9.34. The zero-order chi connectivity index (χ0) is 12.3. The number of aromatic nitrogens is 1. The van der Waals surface area contributed by atoms with Crippen molar-refractivity contribution in [1.82, 2.24) is 4.98 Å². The molecular formula is C13H19NO3. The Morgan fingerprint density at radius 1 is 1.53 bits per heavy atom. The second-order valence-electron chi connectivity index (χ2n) is 4.56. The summed E-state index contributed by atoms with van der Waals surface area (Å²) >= 11 is 0. The van der Waals surface area contributed by atoms with Gasteiger partial charge < -0.3 is 14.6 Å². The van der Waals surface area contributed by atoms with Crippen molar-refractivity contribution in [3.8, 4) is 5.88 Å². The van der Waals surface area contributed by atoms with E-state index in [1.165, 1.54) is 0 Å². The molecule has 0 amide bonds. The first-order valence-corrected chi connectivity index (χ1v) is 5.99. The van der Waals surface area contributed by atoms with Crippen molar-refractivity contribution in [3.05, 3.63) is 22.9 Å². The summed E-state index contributed by atoms with van der Waals surface area (Å²) < 4.78 is 11.0. The van der Waals surface area contributed by atoms with Crippen molar-refractivity contribution in [1.29, 1.82) is 0 Å². The van der Waals surface area contributed by atoms with Gasteiger partial charge in [-0.15, -0.1) is 0 Å². The van der Waals surface area contributed by atoms with Crippen molar-refractivity contribution < 1.29 is 14.6 Å². The Bertz CT molecular complexity index is 386. The third-order valence-corrected chi connectivity index (χ3v) is 3.08. The van der Waals surface area contributed by atoms with Crippen LogP contribution in [-0.4, -0.2) is 29.9 Å². The van der Waals surface area contributed by atoms with Gasteiger partial charge in [0.15, 0.2) is 0 Å². The lowest BCUT2D eigenvalue weighted by atomic mass is 10.1. The summed E-state index contributed by atoms with van der Waals surface area (Å²) in [6.45, 7) is 6.06. The van der Waals surface area contributed by atoms with Crippen LogP contribution in [0.4, 0.5) is 0 Å². The molecule has 1 aliphatic rings. The van der Waals surface area contributed by atoms with E-state index in [0.29, 0.717) is 18.4 Å². The predicted octanol–water partition coefficient (Wildman–Crippen LogP) is 1.61. The van der Waals surface area contributed by atoms with E-state index in [2.05, 4.69) is 4.98 Å². The number of pyridine rings is 1. The highest BCUT2D eigenvalue weighted by Crippen LogP contribution is 2.22. The molecule has 0 aromatic carbocycles. The van der Waals surface area contributed by atoms with Crippen molar-refractivity contribution in [3.63, 3.8) is 0 Å². The van der Waals surface area contributed by atoms with Gasteiger partial charge >= 0.3 is 0 Å². The van der Waals surface area contributed by atoms with Gasteiger partial charge in [0.1, 0.15) is 0 Å². The Kier molecular flexibility index (Phi) is 3.97. The third kappa shape index (κ3) is 2.96. The molecule has 0 aliphatic carbocycles. The number of hydrogen-bond donors (Lipinski definition) is 1. The molecular weight excluding hydrogens is 218 g/mol. The number of aliphatic hydroxyl groups excluding tert-OH is 1. The number of ether oxygens (including phenoxy) is 2. The van der Waals surface area contributed by atoms with E-state index in [9.17, 15) is 5.11 Å². The summed E-state index contributed by atoms with van der Waals surface area (Å²) in [4.78, 5) is 4.34. The van der Waals surface area contributed by atoms with E-state index < -0.39 is 0 Å². The number of aryl methyl sites for hydroxylation is 2. The molecule has 1 atom stereocenters. The number of aliphatic hydroxyl groups is 1. The van der Waals surface area contributed by atoms with E-state index >= 15 is 0 Å². The monoisotopic (exact) mass is 237 g/mol. The molecule has 1 unspecified atom stereocenters. The van der Waals surface area contributed by atoms with Crippen LogP contribution in [0.25, 0.3) is 0 Å². The minimum absolute atomic E-state index is 0.0321. The van der Waals surface area contributed by atoms with Crippen molar-refractivity contribution in [2.24, 2.45) is 5.92 Å². The lowest BCUT2D eigenvalue weighted by Crippen LogP contribution is -2.14. The lowest BCUT2D eigenvalue weighted by Gasteiger charge is -2.14. The Morgan fingerprint density at radius 3 is 3.00 bits per heavy atom. The zero-order valence-corrected chi connectivity index (χ0v) is 10.4. The molecule has 1 aliphatic heterocycles. The molecule has 0 spiro atoms. The Balaban J connectivity index is 2.07. The van der Waals surface area contributed by atoms with Gasteiger partial charge in [0.05, 0.1) is 19.8 Å². The fourth-order valence-corrected chi connectivity index (χ4v) is 2.05. The first kappa shape index (κ1) is 12.3. The first-order valence-electron chi connectivity index (χ1n) is 5.99. The molecule has 0 radical (unpaired) electrons. The Morgan fingerprint density at radius 2 is 2.35 bits per heavy atom. The minimum atomic E-state index is -0.0321. The molecule has 17 heavy (non-hydrogen) atoms. The SMILES string of the molecule is Cc1cc(C)c(CO)c(OCC2CCOC2)n1. The van der Waals surface area contributed by atoms with E-state index in [1.807, 2.05) is 19.9 Å². The normalized spacial score (nSPS) is 19.6. The molecule has 2 rings (SSSR count). The van der Waals surface area contributed by atoms with Crippen molar-refractivity contribution in [2.75, 3.05) is 19.8 Å². The van der Waals surface area contributed by atoms with Crippen LogP contribution >= 0.6 is 0 Å². The van der Waals surface area contributed by atoms with Gasteiger partial charge in [0, 0.05) is 23.8 Å². The van der Waals surface area contributed by atoms with Gasteiger partial charge in [0.25, 0.3) is 0 Å². The standard InChI is InChI=1S/C13H19NO3/c1-9-5-10(2)14-13(12(9)6-15)17-8-11-3-4-16-7-11/h5,11,15H,3-4,6-8H2,1-2H3. The summed E-state index contributed by atoms with van der Waals surface area (Å²) in [5.41, 5.74) is 2.73. The molecule has 1 fully saturated rings. The van der Waals surface area contributed by atoms with Crippen LogP contribution in [0.5, 0.6) is 5.88 Å². The van der Waals surface area contributed by atoms with Crippen molar-refractivity contribution >= 4 is 0 Å². The van der Waals surface area contributed by atoms with Gasteiger partial charge in [0.2, 0.25) is 5.88 Å². The smallest absolute Gasteiger partial charge is 0.219 e. The number of nitrogens with zero attached hydrogens (tertiary/aromatic N) is 1. The molecule has 0 saturated carbocycles. The zero-order valence-electron chi connectivity index (χ0n) is 10.4. The number of hydrogen-bond acceptors (Lipinski definition) is 4. The van der Waals surface area contributed by atoms with E-state index in [0.717, 1.165) is 36.5 Å². The minimum Gasteiger partial charge on any atom is -0.477 e. The van der Waals surface area contributed by atoms with Gasteiger partial charge in [-0.25, -0.2) is 4.98 Å². The van der Waals surface area contributed by atoms with E-state index in [-0.39, 0.29) is 6.61 Å². The summed E-state index contributed by atoms with van der Waals surface area (Å²) in [5.74, 6) is 1.01. The van der Waals surface area contributed by atoms with Gasteiger partial charge in [-0.1, -0.05) is 0 Å². The fourth-order valence-electron chi connectivity index (χ4n) is 2.05. The lowest BCUT2D eigenvalue weighted by molar-refractivity contribution is 0.163. The average molecular weight is 237 g/mol. The Hall–Kier alpha value is -1.13. The van der Waals surface area contributed by atoms with Crippen LogP contribution in [0.1, 0.15) is 23.2 Å². The summed E-state index contributed by atoms with van der Waals surface area (Å²) in [6, 6.07) is 1.96. The highest BCUT2D eigenvalue weighted by molar-refractivity contribution is 5.35. The fraction of sp³-hybridized carbons (Fsp3) is 0.615. The highest BCUT2D eigenvalue weighted by Gasteiger charge is 2.18. The highest BCUT2D eigenvalue weighted by atomic mass is 16.5. The second-order valence-corrected chi connectivity index (χ2v) is 4.56. The number of rotatable bonds is 4. The van der Waals surface area contributed by atoms with Crippen LogP contribution < -0.4 is 4.74 Å². The molecule has 1 aromatic rings. The Labute approximate surface area is 102 Å². The van der Waals surface area contributed by atoms with Crippen LogP contribution in [0.2, 0.25) is 0 Å². The maximum absolute atomic E-state index is 9.34. The molecule has 2 heterocycles. The second kappa shape index (κ2) is 5.47. The van der Waals surface area contributed by atoms with Gasteiger partial charge in [-0.05, 0) is 31.9 Å². The summed E-state index contributed by atoms with van der Waals surface area (Å²) in [6.07, 6.45) is 1.04. The molecule has 1 N–H and O–H groups in total. The van der Waals surface area contributed by atoms with Crippen LogP contribution in [0.3, 0.4) is 0 Å². The molecule has 94 valence electrons. The van der Waals surface area contributed by atoms with E-state index in [4.69, 9.17) is 9.47 Å². The van der Waals surface area contributed by atoms with Gasteiger partial charge in [-0.2, -0.15) is 0 Å².